The van der Waals surface area contributed by atoms with E-state index in [-0.39, 0.29) is 5.41 Å². The molecule has 0 amide bonds. The van der Waals surface area contributed by atoms with E-state index < -0.39 is 0 Å². The number of rotatable bonds is 4. The van der Waals surface area contributed by atoms with Crippen LogP contribution in [0.25, 0.3) is 0 Å². The minimum atomic E-state index is 0.278. The monoisotopic (exact) mass is 262 g/mol. The first kappa shape index (κ1) is 12.5. The third-order valence-electron chi connectivity index (χ3n) is 2.96. The normalized spacial score (nSPS) is 29.1. The van der Waals surface area contributed by atoms with Crippen molar-refractivity contribution < 1.29 is 4.74 Å². The second kappa shape index (κ2) is 5.50. The third-order valence-corrected chi connectivity index (χ3v) is 4.48. The molecule has 2 heteroatoms. The van der Waals surface area contributed by atoms with Crippen molar-refractivity contribution in [1.82, 2.24) is 0 Å². The molecule has 2 unspecified atom stereocenters. The van der Waals surface area contributed by atoms with E-state index in [4.69, 9.17) is 4.74 Å². The van der Waals surface area contributed by atoms with Crippen LogP contribution < -0.4 is 0 Å². The first-order chi connectivity index (χ1) is 6.53. The van der Waals surface area contributed by atoms with Crippen molar-refractivity contribution in [3.63, 3.8) is 0 Å². The van der Waals surface area contributed by atoms with Gasteiger partial charge in [-0.15, -0.1) is 0 Å². The van der Waals surface area contributed by atoms with E-state index in [1.165, 1.54) is 25.7 Å². The van der Waals surface area contributed by atoms with Crippen molar-refractivity contribution in [3.8, 4) is 0 Å². The summed E-state index contributed by atoms with van der Waals surface area (Å²) in [6.45, 7) is 7.71. The number of ether oxygens (including phenoxy) is 1. The number of halogens is 1. The molecule has 0 bridgehead atoms. The highest BCUT2D eigenvalue weighted by Crippen LogP contribution is 2.28. The molecule has 0 N–H and O–H groups in total. The molecular weight excluding hydrogens is 240 g/mol. The fourth-order valence-electron chi connectivity index (χ4n) is 1.91. The highest BCUT2D eigenvalue weighted by atomic mass is 79.9. The number of hydrogen-bond acceptors (Lipinski definition) is 1. The molecule has 1 saturated carbocycles. The Morgan fingerprint density at radius 1 is 1.36 bits per heavy atom. The molecule has 84 valence electrons. The maximum Gasteiger partial charge on any atom is 0.0578 e. The molecule has 1 nitrogen and oxygen atoms in total. The van der Waals surface area contributed by atoms with Crippen molar-refractivity contribution >= 4 is 15.9 Å². The Labute approximate surface area is 96.7 Å². The quantitative estimate of drug-likeness (QED) is 0.696. The molecule has 2 atom stereocenters. The molecule has 0 aliphatic heterocycles. The Hall–Kier alpha value is 0.440. The lowest BCUT2D eigenvalue weighted by molar-refractivity contribution is -0.0176. The zero-order valence-corrected chi connectivity index (χ0v) is 11.3. The second-order valence-electron chi connectivity index (χ2n) is 5.50. The maximum absolute atomic E-state index is 5.98. The summed E-state index contributed by atoms with van der Waals surface area (Å²) in [6.07, 6.45) is 5.79. The van der Waals surface area contributed by atoms with Gasteiger partial charge in [-0.1, -0.05) is 49.5 Å². The van der Waals surface area contributed by atoms with Gasteiger partial charge >= 0.3 is 0 Å². The van der Waals surface area contributed by atoms with Gasteiger partial charge in [0.05, 0.1) is 12.7 Å². The molecule has 1 rings (SSSR count). The van der Waals surface area contributed by atoms with Crippen molar-refractivity contribution in [3.05, 3.63) is 0 Å². The maximum atomic E-state index is 5.98. The summed E-state index contributed by atoms with van der Waals surface area (Å²) in [5.74, 6) is 0.862. The Balaban J connectivity index is 2.23. The summed E-state index contributed by atoms with van der Waals surface area (Å²) in [7, 11) is 0. The van der Waals surface area contributed by atoms with Crippen LogP contribution in [0.4, 0.5) is 0 Å². The molecule has 0 aromatic rings. The molecule has 0 saturated heterocycles. The van der Waals surface area contributed by atoms with Crippen LogP contribution in [0.2, 0.25) is 0 Å². The van der Waals surface area contributed by atoms with Crippen molar-refractivity contribution in [1.29, 1.82) is 0 Å². The van der Waals surface area contributed by atoms with Crippen LogP contribution in [0.5, 0.6) is 0 Å². The van der Waals surface area contributed by atoms with E-state index in [2.05, 4.69) is 36.7 Å². The SMILES string of the molecule is CC1CCCC(OCC(C)(C)CBr)C1. The van der Waals surface area contributed by atoms with E-state index in [0.717, 1.165) is 17.9 Å². The van der Waals surface area contributed by atoms with Crippen LogP contribution in [0, 0.1) is 11.3 Å². The Bertz CT molecular complexity index is 168. The zero-order valence-electron chi connectivity index (χ0n) is 9.68. The summed E-state index contributed by atoms with van der Waals surface area (Å²) in [6, 6.07) is 0. The molecule has 1 fully saturated rings. The van der Waals surface area contributed by atoms with Crippen molar-refractivity contribution in [2.45, 2.75) is 52.6 Å². The van der Waals surface area contributed by atoms with Crippen LogP contribution >= 0.6 is 15.9 Å². The first-order valence-electron chi connectivity index (χ1n) is 5.71. The van der Waals surface area contributed by atoms with E-state index in [9.17, 15) is 0 Å². The highest BCUT2D eigenvalue weighted by molar-refractivity contribution is 9.09. The largest absolute Gasteiger partial charge is 0.378 e. The highest BCUT2D eigenvalue weighted by Gasteiger charge is 2.23. The summed E-state index contributed by atoms with van der Waals surface area (Å²) < 4.78 is 5.98. The van der Waals surface area contributed by atoms with Gasteiger partial charge < -0.3 is 4.74 Å². The fourth-order valence-corrected chi connectivity index (χ4v) is 2.07. The predicted molar refractivity (Wildman–Crippen MR) is 64.9 cm³/mol. The first-order valence-corrected chi connectivity index (χ1v) is 6.83. The molecule has 0 spiro atoms. The van der Waals surface area contributed by atoms with Crippen LogP contribution in [-0.4, -0.2) is 18.0 Å². The Kier molecular flexibility index (Phi) is 4.92. The molecule has 0 aromatic carbocycles. The fraction of sp³-hybridized carbons (Fsp3) is 1.00. The van der Waals surface area contributed by atoms with Crippen LogP contribution in [0.15, 0.2) is 0 Å². The van der Waals surface area contributed by atoms with Gasteiger partial charge in [-0.2, -0.15) is 0 Å². The zero-order chi connectivity index (χ0) is 10.6. The molecular formula is C12H23BrO. The van der Waals surface area contributed by atoms with Gasteiger partial charge in [0.2, 0.25) is 0 Å². The van der Waals surface area contributed by atoms with Gasteiger partial charge in [-0.3, -0.25) is 0 Å². The second-order valence-corrected chi connectivity index (χ2v) is 6.06. The summed E-state index contributed by atoms with van der Waals surface area (Å²) in [5.41, 5.74) is 0.278. The Morgan fingerprint density at radius 3 is 2.64 bits per heavy atom. The lowest BCUT2D eigenvalue weighted by atomic mass is 9.88. The lowest BCUT2D eigenvalue weighted by Gasteiger charge is -2.30. The lowest BCUT2D eigenvalue weighted by Crippen LogP contribution is -2.28. The minimum absolute atomic E-state index is 0.278. The molecule has 1 aliphatic rings. The summed E-state index contributed by atoms with van der Waals surface area (Å²) in [5, 5.41) is 1.02. The third kappa shape index (κ3) is 4.31. The molecule has 1 aliphatic carbocycles. The van der Waals surface area contributed by atoms with E-state index in [0.29, 0.717) is 6.10 Å². The van der Waals surface area contributed by atoms with Gasteiger partial charge in [0.25, 0.3) is 0 Å². The smallest absolute Gasteiger partial charge is 0.0578 e. The summed E-state index contributed by atoms with van der Waals surface area (Å²) in [4.78, 5) is 0. The summed E-state index contributed by atoms with van der Waals surface area (Å²) >= 11 is 3.53. The van der Waals surface area contributed by atoms with Gasteiger partial charge in [-0.25, -0.2) is 0 Å². The Morgan fingerprint density at radius 2 is 2.07 bits per heavy atom. The average molecular weight is 263 g/mol. The average Bonchev–Trinajstić information content (AvgIpc) is 2.15. The van der Waals surface area contributed by atoms with Gasteiger partial charge in [0.15, 0.2) is 0 Å². The molecule has 0 aromatic heterocycles. The van der Waals surface area contributed by atoms with Crippen LogP contribution in [-0.2, 0) is 4.74 Å². The van der Waals surface area contributed by atoms with Crippen molar-refractivity contribution in [2.24, 2.45) is 11.3 Å². The topological polar surface area (TPSA) is 9.23 Å². The van der Waals surface area contributed by atoms with E-state index >= 15 is 0 Å². The van der Waals surface area contributed by atoms with Crippen LogP contribution in [0.1, 0.15) is 46.5 Å². The molecule has 0 heterocycles. The van der Waals surface area contributed by atoms with Gasteiger partial charge in [0.1, 0.15) is 0 Å². The van der Waals surface area contributed by atoms with E-state index in [1.807, 2.05) is 0 Å². The predicted octanol–water partition coefficient (Wildman–Crippen LogP) is 4.00. The molecule has 14 heavy (non-hydrogen) atoms. The number of hydrogen-bond donors (Lipinski definition) is 0. The standard InChI is InChI=1S/C12H23BrO/c1-10-5-4-6-11(7-10)14-9-12(2,3)8-13/h10-11H,4-9H2,1-3H3. The van der Waals surface area contributed by atoms with Crippen molar-refractivity contribution in [2.75, 3.05) is 11.9 Å². The van der Waals surface area contributed by atoms with Gasteiger partial charge in [0, 0.05) is 5.33 Å². The minimum Gasteiger partial charge on any atom is -0.378 e. The van der Waals surface area contributed by atoms with Crippen LogP contribution in [0.3, 0.4) is 0 Å². The molecule has 0 radical (unpaired) electrons. The van der Waals surface area contributed by atoms with Gasteiger partial charge in [-0.05, 0) is 24.2 Å². The van der Waals surface area contributed by atoms with E-state index in [1.54, 1.807) is 0 Å². The number of alkyl halides is 1.